The maximum atomic E-state index is 12.9. The van der Waals surface area contributed by atoms with Gasteiger partial charge in [0.1, 0.15) is 12.4 Å². The van der Waals surface area contributed by atoms with Gasteiger partial charge in [-0.05, 0) is 41.8 Å². The first-order valence-corrected chi connectivity index (χ1v) is 9.52. The molecule has 0 aliphatic rings. The Morgan fingerprint density at radius 3 is 2.53 bits per heavy atom. The van der Waals surface area contributed by atoms with Gasteiger partial charge in [-0.25, -0.2) is 0 Å². The Hall–Kier alpha value is -3.93. The van der Waals surface area contributed by atoms with E-state index < -0.39 is 4.92 Å². The van der Waals surface area contributed by atoms with Crippen LogP contribution in [0.25, 0.3) is 11.6 Å². The molecule has 0 heterocycles. The van der Waals surface area contributed by atoms with E-state index >= 15 is 0 Å². The SMILES string of the molecule is Cc1cccc(OCCNC(=O)/C(=C/c2cccc([N+](=O)[O-])c2)c2ccccc2)c1. The number of aryl methyl sites for hydroxylation is 1. The van der Waals surface area contributed by atoms with Crippen LogP contribution in [-0.4, -0.2) is 24.0 Å². The molecule has 0 saturated carbocycles. The number of hydrogen-bond donors (Lipinski definition) is 1. The number of nitrogens with zero attached hydrogens (tertiary/aromatic N) is 1. The van der Waals surface area contributed by atoms with Crippen LogP contribution >= 0.6 is 0 Å². The molecule has 3 aromatic carbocycles. The van der Waals surface area contributed by atoms with Crippen LogP contribution in [0.4, 0.5) is 5.69 Å². The Balaban J connectivity index is 1.73. The quantitative estimate of drug-likeness (QED) is 0.196. The normalized spacial score (nSPS) is 11.0. The van der Waals surface area contributed by atoms with E-state index in [9.17, 15) is 14.9 Å². The van der Waals surface area contributed by atoms with Crippen LogP contribution in [-0.2, 0) is 4.79 Å². The summed E-state index contributed by atoms with van der Waals surface area (Å²) in [6.07, 6.45) is 1.65. The lowest BCUT2D eigenvalue weighted by Crippen LogP contribution is -2.28. The van der Waals surface area contributed by atoms with Crippen molar-refractivity contribution in [2.75, 3.05) is 13.2 Å². The molecular weight excluding hydrogens is 380 g/mol. The highest BCUT2D eigenvalue weighted by atomic mass is 16.6. The lowest BCUT2D eigenvalue weighted by molar-refractivity contribution is -0.384. The third kappa shape index (κ3) is 5.78. The number of hydrogen-bond acceptors (Lipinski definition) is 4. The maximum absolute atomic E-state index is 12.9. The van der Waals surface area contributed by atoms with Crippen molar-refractivity contribution in [3.63, 3.8) is 0 Å². The minimum absolute atomic E-state index is 0.0249. The number of nitro groups is 1. The fraction of sp³-hybridized carbons (Fsp3) is 0.125. The fourth-order valence-corrected chi connectivity index (χ4v) is 2.93. The molecule has 0 aliphatic heterocycles. The number of rotatable bonds is 8. The van der Waals surface area contributed by atoms with Gasteiger partial charge in [-0.2, -0.15) is 0 Å². The lowest BCUT2D eigenvalue weighted by Gasteiger charge is -2.11. The van der Waals surface area contributed by atoms with Crippen LogP contribution in [0.2, 0.25) is 0 Å². The Morgan fingerprint density at radius 2 is 1.80 bits per heavy atom. The van der Waals surface area contributed by atoms with Gasteiger partial charge < -0.3 is 10.1 Å². The molecule has 3 rings (SSSR count). The number of ether oxygens (including phenoxy) is 1. The molecule has 0 saturated heterocycles. The van der Waals surface area contributed by atoms with Crippen LogP contribution < -0.4 is 10.1 Å². The molecule has 1 N–H and O–H groups in total. The van der Waals surface area contributed by atoms with Crippen LogP contribution in [0.3, 0.4) is 0 Å². The summed E-state index contributed by atoms with van der Waals surface area (Å²) in [5.74, 6) is 0.472. The van der Waals surface area contributed by atoms with E-state index in [0.29, 0.717) is 24.3 Å². The van der Waals surface area contributed by atoms with Gasteiger partial charge in [0.05, 0.1) is 11.5 Å². The first-order valence-electron chi connectivity index (χ1n) is 9.52. The van der Waals surface area contributed by atoms with Crippen molar-refractivity contribution in [2.24, 2.45) is 0 Å². The Kier molecular flexibility index (Phi) is 6.95. The van der Waals surface area contributed by atoms with Crippen LogP contribution in [0.5, 0.6) is 5.75 Å². The van der Waals surface area contributed by atoms with E-state index in [4.69, 9.17) is 4.74 Å². The molecule has 0 radical (unpaired) electrons. The second kappa shape index (κ2) is 10.0. The number of nitro benzene ring substituents is 1. The summed E-state index contributed by atoms with van der Waals surface area (Å²) >= 11 is 0. The zero-order chi connectivity index (χ0) is 21.3. The summed E-state index contributed by atoms with van der Waals surface area (Å²) in [6, 6.07) is 23.1. The average molecular weight is 402 g/mol. The topological polar surface area (TPSA) is 81.5 Å². The van der Waals surface area contributed by atoms with Gasteiger partial charge in [0.25, 0.3) is 11.6 Å². The average Bonchev–Trinajstić information content (AvgIpc) is 2.76. The second-order valence-corrected chi connectivity index (χ2v) is 6.70. The van der Waals surface area contributed by atoms with Gasteiger partial charge in [0.15, 0.2) is 0 Å². The summed E-state index contributed by atoms with van der Waals surface area (Å²) in [5, 5.41) is 13.9. The predicted octanol–water partition coefficient (Wildman–Crippen LogP) is 4.64. The third-order valence-electron chi connectivity index (χ3n) is 4.37. The molecule has 0 aromatic heterocycles. The number of amides is 1. The second-order valence-electron chi connectivity index (χ2n) is 6.70. The number of non-ortho nitro benzene ring substituents is 1. The fourth-order valence-electron chi connectivity index (χ4n) is 2.93. The van der Waals surface area contributed by atoms with Gasteiger partial charge in [0, 0.05) is 17.7 Å². The van der Waals surface area contributed by atoms with E-state index in [1.54, 1.807) is 18.2 Å². The van der Waals surface area contributed by atoms with E-state index in [1.165, 1.54) is 12.1 Å². The first-order chi connectivity index (χ1) is 14.5. The minimum atomic E-state index is -0.456. The lowest BCUT2D eigenvalue weighted by atomic mass is 10.0. The van der Waals surface area contributed by atoms with Crippen molar-refractivity contribution in [3.8, 4) is 5.75 Å². The Morgan fingerprint density at radius 1 is 1.03 bits per heavy atom. The van der Waals surface area contributed by atoms with E-state index in [1.807, 2.05) is 61.5 Å². The molecule has 0 bridgehead atoms. The van der Waals surface area contributed by atoms with Crippen molar-refractivity contribution in [3.05, 3.63) is 106 Å². The van der Waals surface area contributed by atoms with Crippen molar-refractivity contribution in [1.82, 2.24) is 5.32 Å². The molecule has 1 amide bonds. The molecule has 0 atom stereocenters. The summed E-state index contributed by atoms with van der Waals surface area (Å²) in [6.45, 7) is 2.64. The smallest absolute Gasteiger partial charge is 0.270 e. The minimum Gasteiger partial charge on any atom is -0.492 e. The zero-order valence-corrected chi connectivity index (χ0v) is 16.6. The van der Waals surface area contributed by atoms with Crippen molar-refractivity contribution >= 4 is 23.2 Å². The molecule has 0 spiro atoms. The van der Waals surface area contributed by atoms with Crippen molar-refractivity contribution in [2.45, 2.75) is 6.92 Å². The molecule has 6 nitrogen and oxygen atoms in total. The standard InChI is InChI=1S/C24H22N2O4/c1-18-7-5-12-22(15-18)30-14-13-25-24(27)23(20-9-3-2-4-10-20)17-19-8-6-11-21(16-19)26(28)29/h2-12,15-17H,13-14H2,1H3,(H,25,27)/b23-17+. The summed E-state index contributed by atoms with van der Waals surface area (Å²) < 4.78 is 5.67. The third-order valence-corrected chi connectivity index (χ3v) is 4.37. The number of nitrogens with one attached hydrogen (secondary N) is 1. The molecule has 30 heavy (non-hydrogen) atoms. The Bertz CT molecular complexity index is 1060. The van der Waals surface area contributed by atoms with Gasteiger partial charge in [-0.1, -0.05) is 54.6 Å². The molecule has 0 fully saturated rings. The van der Waals surface area contributed by atoms with E-state index in [0.717, 1.165) is 16.9 Å². The van der Waals surface area contributed by atoms with Crippen LogP contribution in [0, 0.1) is 17.0 Å². The maximum Gasteiger partial charge on any atom is 0.270 e. The monoisotopic (exact) mass is 402 g/mol. The highest BCUT2D eigenvalue weighted by Crippen LogP contribution is 2.21. The highest BCUT2D eigenvalue weighted by molar-refractivity contribution is 6.24. The number of carbonyl (C=O) groups excluding carboxylic acids is 1. The zero-order valence-electron chi connectivity index (χ0n) is 16.6. The molecule has 0 unspecified atom stereocenters. The van der Waals surface area contributed by atoms with Gasteiger partial charge in [0.2, 0.25) is 0 Å². The van der Waals surface area contributed by atoms with Crippen LogP contribution in [0.15, 0.2) is 78.9 Å². The Labute approximate surface area is 175 Å². The molecular formula is C24H22N2O4. The van der Waals surface area contributed by atoms with Crippen molar-refractivity contribution in [1.29, 1.82) is 0 Å². The molecule has 3 aromatic rings. The summed E-state index contributed by atoms with van der Waals surface area (Å²) in [4.78, 5) is 23.5. The van der Waals surface area contributed by atoms with Crippen molar-refractivity contribution < 1.29 is 14.5 Å². The van der Waals surface area contributed by atoms with E-state index in [-0.39, 0.29) is 11.6 Å². The molecule has 152 valence electrons. The molecule has 6 heteroatoms. The van der Waals surface area contributed by atoms with Crippen LogP contribution in [0.1, 0.15) is 16.7 Å². The van der Waals surface area contributed by atoms with E-state index in [2.05, 4.69) is 5.32 Å². The predicted molar refractivity (Wildman–Crippen MR) is 117 cm³/mol. The highest BCUT2D eigenvalue weighted by Gasteiger charge is 2.13. The number of carbonyl (C=O) groups is 1. The summed E-state index contributed by atoms with van der Waals surface area (Å²) in [7, 11) is 0. The molecule has 0 aliphatic carbocycles. The van der Waals surface area contributed by atoms with Gasteiger partial charge in [-0.15, -0.1) is 0 Å². The first kappa shape index (κ1) is 20.8. The number of benzene rings is 3. The van der Waals surface area contributed by atoms with Gasteiger partial charge in [-0.3, -0.25) is 14.9 Å². The largest absolute Gasteiger partial charge is 0.492 e. The summed E-state index contributed by atoms with van der Waals surface area (Å²) in [5.41, 5.74) is 2.80. The van der Waals surface area contributed by atoms with Gasteiger partial charge >= 0.3 is 0 Å².